The van der Waals surface area contributed by atoms with E-state index in [4.69, 9.17) is 0 Å². The molecule has 0 radical (unpaired) electrons. The fourth-order valence-electron chi connectivity index (χ4n) is 3.93. The van der Waals surface area contributed by atoms with Crippen LogP contribution in [0.3, 0.4) is 0 Å². The molecule has 2 aliphatic carbocycles. The van der Waals surface area contributed by atoms with Crippen molar-refractivity contribution in [1.29, 1.82) is 0 Å². The van der Waals surface area contributed by atoms with Crippen LogP contribution in [0.2, 0.25) is 0 Å². The number of allylic oxidation sites excluding steroid dienone is 2. The van der Waals surface area contributed by atoms with Gasteiger partial charge in [0.25, 0.3) is 0 Å². The van der Waals surface area contributed by atoms with Gasteiger partial charge in [-0.3, -0.25) is 0 Å². The molecule has 15 heavy (non-hydrogen) atoms. The lowest BCUT2D eigenvalue weighted by Crippen LogP contribution is -2.37. The summed E-state index contributed by atoms with van der Waals surface area (Å²) in [5, 5.41) is 0. The van der Waals surface area contributed by atoms with Crippen LogP contribution in [0.25, 0.3) is 0 Å². The van der Waals surface area contributed by atoms with Crippen LogP contribution < -0.4 is 0 Å². The van der Waals surface area contributed by atoms with Crippen LogP contribution >= 0.6 is 0 Å². The van der Waals surface area contributed by atoms with Gasteiger partial charge in [-0.1, -0.05) is 45.3 Å². The van der Waals surface area contributed by atoms with E-state index < -0.39 is 0 Å². The van der Waals surface area contributed by atoms with Crippen molar-refractivity contribution in [3.8, 4) is 0 Å². The molecule has 0 nitrogen and oxygen atoms in total. The molecular formula is C15H26. The average molecular weight is 206 g/mol. The second kappa shape index (κ2) is 3.96. The first kappa shape index (κ1) is 11.2. The largest absolute Gasteiger partial charge is 0.0676 e. The molecule has 2 aliphatic rings. The highest BCUT2D eigenvalue weighted by Crippen LogP contribution is 2.57. The van der Waals surface area contributed by atoms with Crippen LogP contribution in [0, 0.1) is 17.3 Å². The smallest absolute Gasteiger partial charge is 0.00826 e. The first-order chi connectivity index (χ1) is 7.07. The molecule has 0 amide bonds. The monoisotopic (exact) mass is 206 g/mol. The number of rotatable bonds is 2. The van der Waals surface area contributed by atoms with Crippen LogP contribution in [-0.2, 0) is 0 Å². The van der Waals surface area contributed by atoms with Gasteiger partial charge in [-0.25, -0.2) is 0 Å². The zero-order valence-electron chi connectivity index (χ0n) is 10.9. The third-order valence-electron chi connectivity index (χ3n) is 4.60. The normalized spacial score (nSPS) is 25.2. The summed E-state index contributed by atoms with van der Waals surface area (Å²) >= 11 is 0. The molecule has 0 heteroatoms. The van der Waals surface area contributed by atoms with Gasteiger partial charge in [0.1, 0.15) is 0 Å². The Labute approximate surface area is 95.1 Å². The molecule has 1 fully saturated rings. The Bertz CT molecular complexity index is 264. The van der Waals surface area contributed by atoms with Crippen LogP contribution in [0.15, 0.2) is 11.1 Å². The van der Waals surface area contributed by atoms with E-state index in [1.54, 1.807) is 0 Å². The molecule has 0 unspecified atom stereocenters. The van der Waals surface area contributed by atoms with Gasteiger partial charge in [0.05, 0.1) is 0 Å². The molecule has 0 saturated heterocycles. The van der Waals surface area contributed by atoms with Crippen molar-refractivity contribution >= 4 is 0 Å². The maximum absolute atomic E-state index is 2.41. The van der Waals surface area contributed by atoms with E-state index in [2.05, 4.69) is 27.7 Å². The fraction of sp³-hybridized carbons (Fsp3) is 0.867. The van der Waals surface area contributed by atoms with Gasteiger partial charge < -0.3 is 0 Å². The molecule has 0 atom stereocenters. The Balaban J connectivity index is 2.38. The standard InChI is InChI=1S/C15H26/c1-11(2)13-7-5-8-15(9-6-10-15)14(13)12(3)4/h11-12H,5-10H2,1-4H3. The van der Waals surface area contributed by atoms with Crippen molar-refractivity contribution < 1.29 is 0 Å². The van der Waals surface area contributed by atoms with Crippen molar-refractivity contribution in [3.63, 3.8) is 0 Å². The first-order valence-electron chi connectivity index (χ1n) is 6.80. The summed E-state index contributed by atoms with van der Waals surface area (Å²) in [5.74, 6) is 1.56. The molecule has 1 saturated carbocycles. The maximum atomic E-state index is 2.41. The Morgan fingerprint density at radius 2 is 1.47 bits per heavy atom. The molecular weight excluding hydrogens is 180 g/mol. The lowest BCUT2D eigenvalue weighted by Gasteiger charge is -2.50. The van der Waals surface area contributed by atoms with E-state index in [1.807, 2.05) is 11.1 Å². The summed E-state index contributed by atoms with van der Waals surface area (Å²) in [6, 6.07) is 0. The summed E-state index contributed by atoms with van der Waals surface area (Å²) in [4.78, 5) is 0. The quantitative estimate of drug-likeness (QED) is 0.561. The van der Waals surface area contributed by atoms with E-state index in [-0.39, 0.29) is 0 Å². The molecule has 86 valence electrons. The summed E-state index contributed by atoms with van der Waals surface area (Å²) in [6.07, 6.45) is 8.75. The van der Waals surface area contributed by atoms with E-state index in [1.165, 1.54) is 38.5 Å². The van der Waals surface area contributed by atoms with Crippen molar-refractivity contribution in [2.24, 2.45) is 17.3 Å². The summed E-state index contributed by atoms with van der Waals surface area (Å²) in [5.41, 5.74) is 4.36. The predicted molar refractivity (Wildman–Crippen MR) is 66.8 cm³/mol. The third-order valence-corrected chi connectivity index (χ3v) is 4.60. The van der Waals surface area contributed by atoms with Crippen molar-refractivity contribution in [3.05, 3.63) is 11.1 Å². The van der Waals surface area contributed by atoms with Gasteiger partial charge in [-0.15, -0.1) is 0 Å². The van der Waals surface area contributed by atoms with E-state index in [9.17, 15) is 0 Å². The molecule has 0 aliphatic heterocycles. The summed E-state index contributed by atoms with van der Waals surface area (Å²) < 4.78 is 0. The second-order valence-corrected chi connectivity index (χ2v) is 6.24. The van der Waals surface area contributed by atoms with Crippen molar-refractivity contribution in [2.45, 2.75) is 66.2 Å². The van der Waals surface area contributed by atoms with Gasteiger partial charge in [0.15, 0.2) is 0 Å². The van der Waals surface area contributed by atoms with Gasteiger partial charge >= 0.3 is 0 Å². The minimum atomic E-state index is 0.673. The Morgan fingerprint density at radius 1 is 0.867 bits per heavy atom. The van der Waals surface area contributed by atoms with Gasteiger partial charge in [-0.2, -0.15) is 0 Å². The molecule has 0 aromatic carbocycles. The zero-order valence-corrected chi connectivity index (χ0v) is 10.9. The fourth-order valence-corrected chi connectivity index (χ4v) is 3.93. The van der Waals surface area contributed by atoms with Crippen molar-refractivity contribution in [1.82, 2.24) is 0 Å². The highest BCUT2D eigenvalue weighted by atomic mass is 14.5. The zero-order chi connectivity index (χ0) is 11.1. The highest BCUT2D eigenvalue weighted by molar-refractivity contribution is 5.30. The first-order valence-corrected chi connectivity index (χ1v) is 6.80. The molecule has 2 rings (SSSR count). The van der Waals surface area contributed by atoms with Gasteiger partial charge in [0, 0.05) is 0 Å². The van der Waals surface area contributed by atoms with E-state index in [0.29, 0.717) is 5.41 Å². The van der Waals surface area contributed by atoms with Crippen LogP contribution in [0.1, 0.15) is 66.2 Å². The minimum Gasteiger partial charge on any atom is -0.0676 e. The highest BCUT2D eigenvalue weighted by Gasteiger charge is 2.44. The Hall–Kier alpha value is -0.260. The van der Waals surface area contributed by atoms with E-state index in [0.717, 1.165) is 11.8 Å². The van der Waals surface area contributed by atoms with Crippen LogP contribution in [0.5, 0.6) is 0 Å². The second-order valence-electron chi connectivity index (χ2n) is 6.24. The lowest BCUT2D eigenvalue weighted by atomic mass is 9.55. The van der Waals surface area contributed by atoms with Crippen molar-refractivity contribution in [2.75, 3.05) is 0 Å². The molecule has 1 spiro atoms. The summed E-state index contributed by atoms with van der Waals surface area (Å²) in [6.45, 7) is 9.58. The molecule has 0 aromatic rings. The van der Waals surface area contributed by atoms with Crippen LogP contribution in [0.4, 0.5) is 0 Å². The topological polar surface area (TPSA) is 0 Å². The number of hydrogen-bond donors (Lipinski definition) is 0. The van der Waals surface area contributed by atoms with Gasteiger partial charge in [-0.05, 0) is 49.4 Å². The predicted octanol–water partition coefficient (Wildman–Crippen LogP) is 4.95. The molecule has 0 aromatic heterocycles. The van der Waals surface area contributed by atoms with E-state index >= 15 is 0 Å². The Kier molecular flexibility index (Phi) is 2.96. The SMILES string of the molecule is CC(C)C1=C(C(C)C)C2(CCC1)CCC2. The maximum Gasteiger partial charge on any atom is -0.00826 e. The molecule has 0 N–H and O–H groups in total. The molecule has 0 bridgehead atoms. The third kappa shape index (κ3) is 1.77. The summed E-state index contributed by atoms with van der Waals surface area (Å²) in [7, 11) is 0. The molecule has 0 heterocycles. The number of hydrogen-bond acceptors (Lipinski definition) is 0. The Morgan fingerprint density at radius 3 is 1.87 bits per heavy atom. The van der Waals surface area contributed by atoms with Crippen LogP contribution in [-0.4, -0.2) is 0 Å². The van der Waals surface area contributed by atoms with Gasteiger partial charge in [0.2, 0.25) is 0 Å². The average Bonchev–Trinajstić information content (AvgIpc) is 2.13. The minimum absolute atomic E-state index is 0.673. The lowest BCUT2D eigenvalue weighted by molar-refractivity contribution is 0.137.